The minimum absolute atomic E-state index is 0.00373. The monoisotopic (exact) mass is 400 g/mol. The predicted octanol–water partition coefficient (Wildman–Crippen LogP) is 4.11. The van der Waals surface area contributed by atoms with Crippen LogP contribution in [-0.4, -0.2) is 31.9 Å². The molecule has 0 bridgehead atoms. The third kappa shape index (κ3) is 4.45. The van der Waals surface area contributed by atoms with E-state index in [0.717, 1.165) is 15.9 Å². The number of rotatable bonds is 7. The number of hydrogen-bond acceptors (Lipinski definition) is 5. The number of sulfonamides is 1. The van der Waals surface area contributed by atoms with Gasteiger partial charge in [-0.25, -0.2) is 8.42 Å². The lowest BCUT2D eigenvalue weighted by molar-refractivity contribution is -0.384. The molecule has 9 heteroatoms. The molecular formula is C16H17ClN2O4S2. The van der Waals surface area contributed by atoms with Crippen LogP contribution >= 0.6 is 23.4 Å². The van der Waals surface area contributed by atoms with E-state index in [0.29, 0.717) is 5.75 Å². The standard InChI is InChI=1S/C16H17ClN2O4S2/c1-12-3-6-14(7-4-12)25(22,23)18(9-10-24-2)15-8-5-13(17)11-16(15)19(20)21/h3-8,11H,9-10H2,1-2H3. The second kappa shape index (κ2) is 8.07. The summed E-state index contributed by atoms with van der Waals surface area (Å²) in [4.78, 5) is 10.8. The van der Waals surface area contributed by atoms with Gasteiger partial charge in [0.2, 0.25) is 0 Å². The summed E-state index contributed by atoms with van der Waals surface area (Å²) in [5.41, 5.74) is 0.584. The van der Waals surface area contributed by atoms with Crippen LogP contribution in [0.15, 0.2) is 47.4 Å². The molecule has 0 N–H and O–H groups in total. The fraction of sp³-hybridized carbons (Fsp3) is 0.250. The number of benzene rings is 2. The van der Waals surface area contributed by atoms with Crippen molar-refractivity contribution in [3.63, 3.8) is 0 Å². The van der Waals surface area contributed by atoms with Crippen molar-refractivity contribution in [3.8, 4) is 0 Å². The molecule has 2 rings (SSSR count). The first-order valence-electron chi connectivity index (χ1n) is 7.29. The van der Waals surface area contributed by atoms with Crippen molar-refractivity contribution < 1.29 is 13.3 Å². The van der Waals surface area contributed by atoms with Crippen LogP contribution in [0.2, 0.25) is 5.02 Å². The van der Waals surface area contributed by atoms with Crippen molar-refractivity contribution >= 4 is 44.8 Å². The van der Waals surface area contributed by atoms with Gasteiger partial charge in [0.15, 0.2) is 0 Å². The molecule has 2 aromatic rings. The minimum atomic E-state index is -3.94. The number of halogens is 1. The molecule has 0 saturated heterocycles. The number of anilines is 1. The molecule has 0 fully saturated rings. The molecule has 0 aliphatic carbocycles. The summed E-state index contributed by atoms with van der Waals surface area (Å²) in [5, 5.41) is 11.6. The van der Waals surface area contributed by atoms with Gasteiger partial charge >= 0.3 is 0 Å². The Labute approximate surface area is 156 Å². The Morgan fingerprint density at radius 2 is 1.84 bits per heavy atom. The number of nitrogens with zero attached hydrogens (tertiary/aromatic N) is 2. The third-order valence-electron chi connectivity index (χ3n) is 3.51. The molecule has 0 amide bonds. The van der Waals surface area contributed by atoms with Crippen LogP contribution < -0.4 is 4.31 Å². The maximum atomic E-state index is 13.1. The van der Waals surface area contributed by atoms with E-state index in [4.69, 9.17) is 11.6 Å². The van der Waals surface area contributed by atoms with Gasteiger partial charge in [-0.3, -0.25) is 14.4 Å². The normalized spacial score (nSPS) is 11.3. The average molecular weight is 401 g/mol. The van der Waals surface area contributed by atoms with E-state index in [1.165, 1.54) is 36.0 Å². The summed E-state index contributed by atoms with van der Waals surface area (Å²) in [5.74, 6) is 0.491. The molecule has 0 spiro atoms. The van der Waals surface area contributed by atoms with Crippen molar-refractivity contribution in [2.45, 2.75) is 11.8 Å². The van der Waals surface area contributed by atoms with E-state index in [-0.39, 0.29) is 27.8 Å². The van der Waals surface area contributed by atoms with Crippen LogP contribution in [0.25, 0.3) is 0 Å². The maximum Gasteiger partial charge on any atom is 0.295 e. The van der Waals surface area contributed by atoms with Crippen LogP contribution in [0, 0.1) is 17.0 Å². The molecule has 0 atom stereocenters. The summed E-state index contributed by atoms with van der Waals surface area (Å²) < 4.78 is 27.2. The Morgan fingerprint density at radius 1 is 1.20 bits per heavy atom. The highest BCUT2D eigenvalue weighted by molar-refractivity contribution is 7.98. The smallest absolute Gasteiger partial charge is 0.259 e. The Morgan fingerprint density at radius 3 is 2.40 bits per heavy atom. The fourth-order valence-electron chi connectivity index (χ4n) is 2.24. The Hall–Kier alpha value is -1.77. The van der Waals surface area contributed by atoms with Gasteiger partial charge in [0.05, 0.1) is 9.82 Å². The van der Waals surface area contributed by atoms with Crippen LogP contribution in [0.4, 0.5) is 11.4 Å². The highest BCUT2D eigenvalue weighted by Crippen LogP contribution is 2.34. The zero-order valence-electron chi connectivity index (χ0n) is 13.7. The van der Waals surface area contributed by atoms with E-state index in [1.807, 2.05) is 13.2 Å². The topological polar surface area (TPSA) is 80.5 Å². The van der Waals surface area contributed by atoms with Gasteiger partial charge in [0, 0.05) is 23.4 Å². The molecular weight excluding hydrogens is 384 g/mol. The average Bonchev–Trinajstić information content (AvgIpc) is 2.56. The van der Waals surface area contributed by atoms with Gasteiger partial charge in [-0.15, -0.1) is 0 Å². The molecule has 0 aliphatic rings. The third-order valence-corrected chi connectivity index (χ3v) is 6.16. The first-order valence-corrected chi connectivity index (χ1v) is 10.5. The first-order chi connectivity index (χ1) is 11.8. The van der Waals surface area contributed by atoms with E-state index < -0.39 is 14.9 Å². The molecule has 0 saturated carbocycles. The number of nitro groups is 1. The molecule has 6 nitrogen and oxygen atoms in total. The summed E-state index contributed by atoms with van der Waals surface area (Å²) in [7, 11) is -3.94. The molecule has 0 aliphatic heterocycles. The largest absolute Gasteiger partial charge is 0.295 e. The van der Waals surface area contributed by atoms with Crippen molar-refractivity contribution in [3.05, 3.63) is 63.2 Å². The maximum absolute atomic E-state index is 13.1. The van der Waals surface area contributed by atoms with Crippen molar-refractivity contribution in [1.82, 2.24) is 0 Å². The molecule has 2 aromatic carbocycles. The number of nitro benzene ring substituents is 1. The van der Waals surface area contributed by atoms with Crippen molar-refractivity contribution in [2.75, 3.05) is 22.9 Å². The second-order valence-electron chi connectivity index (χ2n) is 5.27. The van der Waals surface area contributed by atoms with Crippen LogP contribution in [0.5, 0.6) is 0 Å². The molecule has 134 valence electrons. The summed E-state index contributed by atoms with van der Waals surface area (Å²) in [6, 6.07) is 10.4. The van der Waals surface area contributed by atoms with Crippen LogP contribution in [-0.2, 0) is 10.0 Å². The minimum Gasteiger partial charge on any atom is -0.259 e. The number of hydrogen-bond donors (Lipinski definition) is 0. The zero-order chi connectivity index (χ0) is 18.6. The molecule has 0 radical (unpaired) electrons. The molecule has 25 heavy (non-hydrogen) atoms. The SMILES string of the molecule is CSCCN(c1ccc(Cl)cc1[N+](=O)[O-])S(=O)(=O)c1ccc(C)cc1. The Kier molecular flexibility index (Phi) is 6.31. The molecule has 0 aromatic heterocycles. The van der Waals surface area contributed by atoms with Crippen LogP contribution in [0.1, 0.15) is 5.56 Å². The highest BCUT2D eigenvalue weighted by Gasteiger charge is 2.30. The predicted molar refractivity (Wildman–Crippen MR) is 102 cm³/mol. The summed E-state index contributed by atoms with van der Waals surface area (Å²) >= 11 is 7.30. The Balaban J connectivity index is 2.60. The van der Waals surface area contributed by atoms with E-state index in [2.05, 4.69) is 0 Å². The van der Waals surface area contributed by atoms with E-state index in [9.17, 15) is 18.5 Å². The van der Waals surface area contributed by atoms with Crippen LogP contribution in [0.3, 0.4) is 0 Å². The molecule has 0 unspecified atom stereocenters. The van der Waals surface area contributed by atoms with Gasteiger partial charge in [0.25, 0.3) is 15.7 Å². The highest BCUT2D eigenvalue weighted by atomic mass is 35.5. The number of aryl methyl sites for hydroxylation is 1. The van der Waals surface area contributed by atoms with Crippen molar-refractivity contribution in [2.24, 2.45) is 0 Å². The van der Waals surface area contributed by atoms with Crippen molar-refractivity contribution in [1.29, 1.82) is 0 Å². The fourth-order valence-corrected chi connectivity index (χ4v) is 4.36. The van der Waals surface area contributed by atoms with Gasteiger partial charge < -0.3 is 0 Å². The van der Waals surface area contributed by atoms with Gasteiger partial charge in [-0.2, -0.15) is 11.8 Å². The van der Waals surface area contributed by atoms with E-state index in [1.54, 1.807) is 12.1 Å². The first kappa shape index (κ1) is 19.6. The van der Waals surface area contributed by atoms with Gasteiger partial charge in [0.1, 0.15) is 5.69 Å². The van der Waals surface area contributed by atoms with Gasteiger partial charge in [-0.05, 0) is 37.4 Å². The van der Waals surface area contributed by atoms with Gasteiger partial charge in [-0.1, -0.05) is 29.3 Å². The number of thioether (sulfide) groups is 1. The second-order valence-corrected chi connectivity index (χ2v) is 8.56. The lowest BCUT2D eigenvalue weighted by Crippen LogP contribution is -2.33. The Bertz CT molecular complexity index is 870. The summed E-state index contributed by atoms with van der Waals surface area (Å²) in [6.45, 7) is 1.96. The van der Waals surface area contributed by atoms with E-state index >= 15 is 0 Å². The zero-order valence-corrected chi connectivity index (χ0v) is 16.1. The summed E-state index contributed by atoms with van der Waals surface area (Å²) in [6.07, 6.45) is 1.84. The lowest BCUT2D eigenvalue weighted by atomic mass is 10.2. The quantitative estimate of drug-likeness (QED) is 0.516. The lowest BCUT2D eigenvalue weighted by Gasteiger charge is -2.24. The molecule has 0 heterocycles.